The van der Waals surface area contributed by atoms with Gasteiger partial charge in [-0.2, -0.15) is 0 Å². The van der Waals surface area contributed by atoms with Crippen molar-refractivity contribution in [2.24, 2.45) is 0 Å². The van der Waals surface area contributed by atoms with Crippen molar-refractivity contribution >= 4 is 79.2 Å². The maximum atomic E-state index is 6.57. The van der Waals surface area contributed by atoms with Crippen molar-refractivity contribution in [3.8, 4) is 45.3 Å². The number of hydrogen-bond acceptors (Lipinski definition) is 6. The lowest BCUT2D eigenvalue weighted by atomic mass is 9.33. The summed E-state index contributed by atoms with van der Waals surface area (Å²) in [5, 5.41) is 2.15. The zero-order valence-electron chi connectivity index (χ0n) is 38.0. The maximum Gasteiger partial charge on any atom is 0.252 e. The van der Waals surface area contributed by atoms with Gasteiger partial charge < -0.3 is 28.1 Å². The van der Waals surface area contributed by atoms with E-state index in [4.69, 9.17) is 18.3 Å². The highest BCUT2D eigenvalue weighted by Crippen LogP contribution is 2.50. The fourth-order valence-corrected chi connectivity index (χ4v) is 10.6. The van der Waals surface area contributed by atoms with Crippen LogP contribution in [0.1, 0.15) is 38.3 Å². The van der Waals surface area contributed by atoms with Crippen molar-refractivity contribution in [1.29, 1.82) is 0 Å². The van der Waals surface area contributed by atoms with E-state index in [1.165, 1.54) is 22.1 Å². The molecular formula is C60H47BN2O4. The molecule has 0 amide bonds. The lowest BCUT2D eigenvalue weighted by molar-refractivity contribution is 0.297. The van der Waals surface area contributed by atoms with Crippen LogP contribution in [-0.4, -0.2) is 19.9 Å². The first-order valence-corrected chi connectivity index (χ1v) is 23.3. The minimum absolute atomic E-state index is 0.0552. The third-order valence-electron chi connectivity index (χ3n) is 13.8. The zero-order chi connectivity index (χ0) is 45.0. The first-order chi connectivity index (χ1) is 32.7. The second kappa shape index (κ2) is 15.1. The molecule has 3 aliphatic heterocycles. The van der Waals surface area contributed by atoms with E-state index < -0.39 is 0 Å². The third kappa shape index (κ3) is 6.47. The number of para-hydroxylation sites is 2. The molecule has 5 heterocycles. The van der Waals surface area contributed by atoms with Gasteiger partial charge in [0.1, 0.15) is 22.7 Å². The molecule has 7 heteroatoms. The van der Waals surface area contributed by atoms with Crippen molar-refractivity contribution < 1.29 is 18.3 Å². The van der Waals surface area contributed by atoms with E-state index in [2.05, 4.69) is 189 Å². The number of furan rings is 2. The summed E-state index contributed by atoms with van der Waals surface area (Å²) in [6, 6.07) is 63.5. The topological polar surface area (TPSA) is 51.2 Å². The molecule has 0 saturated carbocycles. The SMILES string of the molecule is Cc1cc2c3c(c1)N(c1ccc(C(C)(C)C)cc1-c1ccccc1)c1cc4c(cc1B3c1ccc(-c3cc5ccccc5o3)cc1N2c1cccc(-c2cc3ccccc3o2)c1)OCCCO4. The van der Waals surface area contributed by atoms with Gasteiger partial charge in [0, 0.05) is 68.4 Å². The van der Waals surface area contributed by atoms with Gasteiger partial charge in [0.25, 0.3) is 6.71 Å². The number of hydrogen-bond donors (Lipinski definition) is 0. The monoisotopic (exact) mass is 870 g/mol. The number of ether oxygens (including phenoxy) is 2. The Balaban J connectivity index is 1.10. The summed E-state index contributed by atoms with van der Waals surface area (Å²) >= 11 is 0. The average Bonchev–Trinajstić information content (AvgIpc) is 3.92. The van der Waals surface area contributed by atoms with Gasteiger partial charge in [-0.25, -0.2) is 0 Å². The molecule has 0 saturated heterocycles. The largest absolute Gasteiger partial charge is 0.490 e. The first kappa shape index (κ1) is 39.5. The van der Waals surface area contributed by atoms with Crippen molar-refractivity contribution in [3.05, 3.63) is 187 Å². The normalized spacial score (nSPS) is 13.9. The zero-order valence-corrected chi connectivity index (χ0v) is 38.0. The average molecular weight is 871 g/mol. The standard InChI is InChI=1S/C60H47BN2O4/c1-37-28-51-59-52(29-37)63(48-25-23-43(60(2,3)4)34-45(48)38-14-6-5-7-15-38)50-36-58-57(64-26-13-27-65-58)35-47(50)61(59)46-24-22-42(56-33-41-17-9-11-21-54(41)67-56)31-49(46)62(51)44-19-12-18-39(30-44)55-32-40-16-8-10-20-53(40)66-55/h5-12,14-25,28-36H,13,26-27H2,1-4H3. The van der Waals surface area contributed by atoms with Crippen molar-refractivity contribution in [2.45, 2.75) is 39.5 Å². The smallest absolute Gasteiger partial charge is 0.252 e. The Bertz CT molecular complexity index is 3530. The molecule has 0 unspecified atom stereocenters. The van der Waals surface area contributed by atoms with Crippen LogP contribution in [0.5, 0.6) is 11.5 Å². The first-order valence-electron chi connectivity index (χ1n) is 23.3. The minimum Gasteiger partial charge on any atom is -0.490 e. The second-order valence-electron chi connectivity index (χ2n) is 19.2. The molecule has 0 fully saturated rings. The summed E-state index contributed by atoms with van der Waals surface area (Å²) in [4.78, 5) is 4.96. The van der Waals surface area contributed by atoms with Crippen LogP contribution < -0.4 is 35.7 Å². The fraction of sp³-hybridized carbons (Fsp3) is 0.133. The Labute approximate surface area is 390 Å². The fourth-order valence-electron chi connectivity index (χ4n) is 10.6. The summed E-state index contributed by atoms with van der Waals surface area (Å²) in [6.07, 6.45) is 0.817. The second-order valence-corrected chi connectivity index (χ2v) is 19.2. The molecule has 0 aliphatic carbocycles. The summed E-state index contributed by atoms with van der Waals surface area (Å²) in [6.45, 7) is 10.1. The van der Waals surface area contributed by atoms with E-state index in [9.17, 15) is 0 Å². The number of aryl methyl sites for hydroxylation is 1. The Morgan fingerprint density at radius 3 is 1.81 bits per heavy atom. The molecular weight excluding hydrogens is 823 g/mol. The van der Waals surface area contributed by atoms with Gasteiger partial charge >= 0.3 is 0 Å². The molecule has 8 aromatic carbocycles. The van der Waals surface area contributed by atoms with E-state index in [0.29, 0.717) is 13.2 Å². The Hall–Kier alpha value is -7.90. The van der Waals surface area contributed by atoms with Gasteiger partial charge in [-0.05, 0) is 118 Å². The van der Waals surface area contributed by atoms with Crippen LogP contribution in [0.2, 0.25) is 0 Å². The summed E-state index contributed by atoms with van der Waals surface area (Å²) in [7, 11) is 0. The van der Waals surface area contributed by atoms with Crippen LogP contribution in [0.25, 0.3) is 55.7 Å². The Kier molecular flexibility index (Phi) is 8.88. The highest BCUT2D eigenvalue weighted by atomic mass is 16.5. The molecule has 0 radical (unpaired) electrons. The van der Waals surface area contributed by atoms with Crippen molar-refractivity contribution in [1.82, 2.24) is 0 Å². The number of anilines is 6. The van der Waals surface area contributed by atoms with Crippen LogP contribution in [-0.2, 0) is 5.41 Å². The Morgan fingerprint density at radius 1 is 0.478 bits per heavy atom. The van der Waals surface area contributed by atoms with Crippen LogP contribution in [0.3, 0.4) is 0 Å². The lowest BCUT2D eigenvalue weighted by Gasteiger charge is -2.45. The predicted molar refractivity (Wildman–Crippen MR) is 275 cm³/mol. The van der Waals surface area contributed by atoms with E-state index in [0.717, 1.165) is 113 Å². The van der Waals surface area contributed by atoms with E-state index in [1.54, 1.807) is 0 Å². The minimum atomic E-state index is -0.141. The molecule has 67 heavy (non-hydrogen) atoms. The van der Waals surface area contributed by atoms with E-state index in [-0.39, 0.29) is 12.1 Å². The molecule has 13 rings (SSSR count). The highest BCUT2D eigenvalue weighted by molar-refractivity contribution is 7.00. The van der Waals surface area contributed by atoms with Gasteiger partial charge in [-0.1, -0.05) is 118 Å². The maximum absolute atomic E-state index is 6.57. The molecule has 324 valence electrons. The third-order valence-corrected chi connectivity index (χ3v) is 13.8. The predicted octanol–water partition coefficient (Wildman–Crippen LogP) is 14.0. The number of nitrogens with zero attached hydrogens (tertiary/aromatic N) is 2. The molecule has 0 bridgehead atoms. The van der Waals surface area contributed by atoms with E-state index in [1.807, 2.05) is 24.3 Å². The molecule has 0 spiro atoms. The van der Waals surface area contributed by atoms with Gasteiger partial charge in [-0.3, -0.25) is 0 Å². The molecule has 0 atom stereocenters. The number of fused-ring (bicyclic) bond motifs is 7. The van der Waals surface area contributed by atoms with Crippen LogP contribution in [0, 0.1) is 6.92 Å². The molecule has 3 aliphatic rings. The van der Waals surface area contributed by atoms with Crippen LogP contribution >= 0.6 is 0 Å². The van der Waals surface area contributed by atoms with Gasteiger partial charge in [0.05, 0.1) is 18.9 Å². The summed E-state index contributed by atoms with van der Waals surface area (Å²) in [5.74, 6) is 3.20. The number of benzene rings is 8. The van der Waals surface area contributed by atoms with Gasteiger partial charge in [-0.15, -0.1) is 0 Å². The summed E-state index contributed by atoms with van der Waals surface area (Å²) < 4.78 is 26.1. The van der Waals surface area contributed by atoms with Crippen molar-refractivity contribution in [2.75, 3.05) is 23.0 Å². The quantitative estimate of drug-likeness (QED) is 0.161. The molecule has 2 aromatic heterocycles. The highest BCUT2D eigenvalue weighted by Gasteiger charge is 2.45. The van der Waals surface area contributed by atoms with E-state index >= 15 is 0 Å². The molecule has 0 N–H and O–H groups in total. The van der Waals surface area contributed by atoms with Gasteiger partial charge in [0.15, 0.2) is 11.5 Å². The van der Waals surface area contributed by atoms with Gasteiger partial charge in [0.2, 0.25) is 0 Å². The molecule has 6 nitrogen and oxygen atoms in total. The number of rotatable bonds is 5. The van der Waals surface area contributed by atoms with Crippen LogP contribution in [0.15, 0.2) is 185 Å². The molecule has 10 aromatic rings. The lowest BCUT2D eigenvalue weighted by Crippen LogP contribution is -2.61. The van der Waals surface area contributed by atoms with Crippen molar-refractivity contribution in [3.63, 3.8) is 0 Å². The summed E-state index contributed by atoms with van der Waals surface area (Å²) in [5.41, 5.74) is 18.6. The van der Waals surface area contributed by atoms with Crippen LogP contribution in [0.4, 0.5) is 34.1 Å². The Morgan fingerprint density at radius 2 is 1.10 bits per heavy atom.